The van der Waals surface area contributed by atoms with Crippen LogP contribution < -0.4 is 0 Å². The Labute approximate surface area is 784 Å². The van der Waals surface area contributed by atoms with E-state index in [-0.39, 0.29) is 0 Å². The van der Waals surface area contributed by atoms with E-state index in [2.05, 4.69) is 267 Å². The summed E-state index contributed by atoms with van der Waals surface area (Å²) in [6.07, 6.45) is 0. The maximum Gasteiger partial charge on any atom is 0.228 e. The summed E-state index contributed by atoms with van der Waals surface area (Å²) in [5.41, 5.74) is 24.7. The highest BCUT2D eigenvalue weighted by atomic mass is 32.1. The normalized spacial score (nSPS) is 11.5. The molecule has 12 nitrogen and oxygen atoms in total. The lowest BCUT2D eigenvalue weighted by Crippen LogP contribution is -1.96. The first-order valence-electron chi connectivity index (χ1n) is 45.2. The number of nitrogens with zero attached hydrogens (tertiary/aromatic N) is 9. The standard InChI is InChI=1S/C43H25N3OS.C43H27N3O.C37H23N3O/c1-3-10-26(11-4-1)35-25-36(27-12-5-2-6-13-27)45-42(44-35)30-20-22-31-29(24-30)19-18-28-21-23-37-40(39(28)31)46-43(47-37)34-16-9-15-33-32-14-7-8-17-38(32)48-41(33)34;1-4-11-28(12-5-1)37-27-38(29-13-6-2-7-14-29)45-42(44-37)35-18-10-17-32(26-35)33-21-23-36-34(25-33)20-19-30-22-24-39-41(40(30)36)46-43(47-39)31-15-8-3-9-16-31;1-4-10-25(11-5-1)32-23-33(26-12-6-2-7-13-26)39-36(38-32)29-19-17-24-16-18-27-20-21-31-35(34(27)30(24)22-29)41-37(40-31)28-14-8-3-9-15-28/h1-25H;1-27H;1-23H. The molecule has 0 fully saturated rings. The fourth-order valence-corrected chi connectivity index (χ4v) is 19.8. The highest BCUT2D eigenvalue weighted by molar-refractivity contribution is 7.26. The molecule has 0 spiro atoms. The Balaban J connectivity index is 0.000000109. The Bertz CT molecular complexity index is 9110. The van der Waals surface area contributed by atoms with Gasteiger partial charge in [-0.1, -0.05) is 358 Å². The zero-order valence-electron chi connectivity index (χ0n) is 73.0. The van der Waals surface area contributed by atoms with Gasteiger partial charge in [0.05, 0.1) is 39.7 Å². The average molecular weight is 1760 g/mol. The minimum Gasteiger partial charge on any atom is -0.436 e. The average Bonchev–Trinajstić information content (AvgIpc) is 1.55. The van der Waals surface area contributed by atoms with Crippen molar-refractivity contribution in [3.8, 4) is 147 Å². The summed E-state index contributed by atoms with van der Waals surface area (Å²) in [5.74, 6) is 3.96. The van der Waals surface area contributed by atoms with E-state index in [1.807, 2.05) is 188 Å². The largest absolute Gasteiger partial charge is 0.436 e. The van der Waals surface area contributed by atoms with Crippen molar-refractivity contribution in [2.75, 3.05) is 0 Å². The smallest absolute Gasteiger partial charge is 0.228 e. The number of aromatic nitrogens is 9. The second-order valence-electron chi connectivity index (χ2n) is 33.8. The summed E-state index contributed by atoms with van der Waals surface area (Å²) < 4.78 is 21.6. The van der Waals surface area contributed by atoms with Crippen molar-refractivity contribution in [2.24, 2.45) is 0 Å². The van der Waals surface area contributed by atoms with Gasteiger partial charge >= 0.3 is 0 Å². The molecule has 13 heteroatoms. The summed E-state index contributed by atoms with van der Waals surface area (Å²) in [7, 11) is 0. The Morgan fingerprint density at radius 3 is 1.02 bits per heavy atom. The number of fused-ring (bicyclic) bond motifs is 18. The molecule has 0 bridgehead atoms. The van der Waals surface area contributed by atoms with Crippen molar-refractivity contribution in [2.45, 2.75) is 0 Å². The quantitative estimate of drug-likeness (QED) is 0.101. The molecular weight excluding hydrogens is 1680 g/mol. The van der Waals surface area contributed by atoms with Crippen molar-refractivity contribution in [1.82, 2.24) is 44.9 Å². The molecule has 0 aliphatic carbocycles. The van der Waals surface area contributed by atoms with Gasteiger partial charge in [-0.2, -0.15) is 0 Å². The number of rotatable bonds is 13. The van der Waals surface area contributed by atoms with Gasteiger partial charge in [-0.15, -0.1) is 11.3 Å². The molecule has 0 aliphatic rings. The fraction of sp³-hybridized carbons (Fsp3) is 0. The Kier molecular flexibility index (Phi) is 20.2. The number of oxazole rings is 3. The molecule has 636 valence electrons. The van der Waals surface area contributed by atoms with Crippen LogP contribution in [0.4, 0.5) is 0 Å². The molecule has 27 aromatic rings. The SMILES string of the molecule is c1ccc(-c2cc(-c3ccccc3)nc(-c3ccc4c(ccc5ccc6oc(-c7cccc8c7sc7ccccc78)nc6c54)c3)n2)cc1.c1ccc(-c2cc(-c3ccccc3)nc(-c3ccc4ccc5ccc6nc(-c7ccccc7)oc6c5c4c3)n2)cc1.c1ccc(-c2cc(-c3ccccc3)nc(-c3cccc(-c4ccc5c(ccc6ccc7oc(-c8ccccc8)nc7c65)c4)c3)n2)cc1. The van der Waals surface area contributed by atoms with E-state index in [9.17, 15) is 0 Å². The second-order valence-corrected chi connectivity index (χ2v) is 34.8. The van der Waals surface area contributed by atoms with Gasteiger partial charge in [0.15, 0.2) is 34.2 Å². The van der Waals surface area contributed by atoms with Crippen LogP contribution in [-0.4, -0.2) is 44.9 Å². The van der Waals surface area contributed by atoms with E-state index in [4.69, 9.17) is 58.1 Å². The van der Waals surface area contributed by atoms with Crippen molar-refractivity contribution in [1.29, 1.82) is 0 Å². The monoisotopic (exact) mass is 1760 g/mol. The van der Waals surface area contributed by atoms with Crippen LogP contribution in [0.3, 0.4) is 0 Å². The first kappa shape index (κ1) is 80.0. The summed E-state index contributed by atoms with van der Waals surface area (Å²) in [6, 6.07) is 156. The number of hydrogen-bond donors (Lipinski definition) is 0. The molecule has 0 amide bonds. The number of hydrogen-bond acceptors (Lipinski definition) is 13. The zero-order chi connectivity index (χ0) is 89.9. The Morgan fingerprint density at radius 2 is 0.522 bits per heavy atom. The summed E-state index contributed by atoms with van der Waals surface area (Å²) in [5, 5.41) is 15.8. The first-order valence-corrected chi connectivity index (χ1v) is 46.1. The predicted molar refractivity (Wildman–Crippen MR) is 557 cm³/mol. The molecule has 0 saturated carbocycles. The van der Waals surface area contributed by atoms with Gasteiger partial charge in [0, 0.05) is 97.5 Å². The minimum absolute atomic E-state index is 0.618. The first-order chi connectivity index (χ1) is 67.3. The zero-order valence-corrected chi connectivity index (χ0v) is 73.8. The molecule has 7 aromatic heterocycles. The Morgan fingerprint density at radius 1 is 0.184 bits per heavy atom. The number of thiophene rings is 1. The molecule has 0 saturated heterocycles. The second kappa shape index (κ2) is 34.3. The van der Waals surface area contributed by atoms with Crippen LogP contribution in [-0.2, 0) is 0 Å². The highest BCUT2D eigenvalue weighted by Crippen LogP contribution is 2.46. The molecular formula is C123H75N9O3S. The Hall–Kier alpha value is -18.2. The lowest BCUT2D eigenvalue weighted by atomic mass is 9.96. The van der Waals surface area contributed by atoms with Gasteiger partial charge in [-0.25, -0.2) is 44.9 Å². The maximum absolute atomic E-state index is 6.49. The third kappa shape index (κ3) is 15.1. The third-order valence-corrected chi connectivity index (χ3v) is 26.5. The number of benzene rings is 20. The van der Waals surface area contributed by atoms with Crippen LogP contribution in [0.25, 0.3) is 265 Å². The molecule has 0 N–H and O–H groups in total. The van der Waals surface area contributed by atoms with E-state index in [0.29, 0.717) is 35.1 Å². The van der Waals surface area contributed by atoms with Crippen molar-refractivity contribution in [3.63, 3.8) is 0 Å². The van der Waals surface area contributed by atoms with Gasteiger partial charge < -0.3 is 13.3 Å². The lowest BCUT2D eigenvalue weighted by molar-refractivity contribution is 0.620. The van der Waals surface area contributed by atoms with E-state index < -0.39 is 0 Å². The summed E-state index contributed by atoms with van der Waals surface area (Å²) >= 11 is 1.79. The van der Waals surface area contributed by atoms with Gasteiger partial charge in [-0.3, -0.25) is 0 Å². The van der Waals surface area contributed by atoms with Crippen LogP contribution in [0, 0.1) is 0 Å². The molecule has 27 rings (SSSR count). The van der Waals surface area contributed by atoms with Gasteiger partial charge in [0.25, 0.3) is 0 Å². The summed E-state index contributed by atoms with van der Waals surface area (Å²) in [4.78, 5) is 45.2. The molecule has 0 unspecified atom stereocenters. The highest BCUT2D eigenvalue weighted by Gasteiger charge is 2.23. The molecule has 0 aliphatic heterocycles. The minimum atomic E-state index is 0.618. The van der Waals surface area contributed by atoms with Crippen LogP contribution in [0.1, 0.15) is 0 Å². The maximum atomic E-state index is 6.49. The van der Waals surface area contributed by atoms with Crippen LogP contribution in [0.5, 0.6) is 0 Å². The van der Waals surface area contributed by atoms with E-state index >= 15 is 0 Å². The van der Waals surface area contributed by atoms with E-state index in [1.165, 1.54) is 20.2 Å². The van der Waals surface area contributed by atoms with E-state index in [0.717, 1.165) is 210 Å². The molecule has 0 radical (unpaired) electrons. The van der Waals surface area contributed by atoms with Crippen LogP contribution >= 0.6 is 11.3 Å². The summed E-state index contributed by atoms with van der Waals surface area (Å²) in [6.45, 7) is 0. The molecule has 136 heavy (non-hydrogen) atoms. The lowest BCUT2D eigenvalue weighted by Gasteiger charge is -2.11. The van der Waals surface area contributed by atoms with E-state index in [1.54, 1.807) is 11.3 Å². The van der Waals surface area contributed by atoms with Gasteiger partial charge in [-0.05, 0) is 157 Å². The topological polar surface area (TPSA) is 155 Å². The van der Waals surface area contributed by atoms with Gasteiger partial charge in [0.1, 0.15) is 16.6 Å². The predicted octanol–water partition coefficient (Wildman–Crippen LogP) is 32.8. The molecule has 7 heterocycles. The molecule has 20 aromatic carbocycles. The van der Waals surface area contributed by atoms with Crippen LogP contribution in [0.2, 0.25) is 0 Å². The van der Waals surface area contributed by atoms with Crippen molar-refractivity contribution < 1.29 is 13.3 Å². The fourth-order valence-electron chi connectivity index (χ4n) is 18.6. The van der Waals surface area contributed by atoms with Crippen molar-refractivity contribution in [3.05, 3.63) is 455 Å². The van der Waals surface area contributed by atoms with Gasteiger partial charge in [0.2, 0.25) is 17.7 Å². The van der Waals surface area contributed by atoms with Crippen molar-refractivity contribution >= 4 is 129 Å². The van der Waals surface area contributed by atoms with Crippen LogP contribution in [0.15, 0.2) is 468 Å². The third-order valence-electron chi connectivity index (χ3n) is 25.3. The molecule has 0 atom stereocenters.